The van der Waals surface area contributed by atoms with E-state index in [0.29, 0.717) is 50.3 Å². The van der Waals surface area contributed by atoms with E-state index in [2.05, 4.69) is 31.9 Å². The first-order valence-corrected chi connectivity index (χ1v) is 28.2. The molecule has 6 amide bonds. The Labute approximate surface area is 450 Å². The minimum atomic E-state index is -1.18. The van der Waals surface area contributed by atoms with Crippen LogP contribution in [0.1, 0.15) is 103 Å². The molecular weight excluding hydrogens is 999 g/mol. The molecule has 1 heterocycles. The van der Waals surface area contributed by atoms with Crippen LogP contribution in [-0.2, 0) is 46.4 Å². The van der Waals surface area contributed by atoms with Gasteiger partial charge in [-0.2, -0.15) is 0 Å². The zero-order valence-corrected chi connectivity index (χ0v) is 45.9. The van der Waals surface area contributed by atoms with E-state index < -0.39 is 83.8 Å². The number of hydrogen-bond acceptors (Lipinski definition) is 15. The molecule has 1 aliphatic heterocycles. The van der Waals surface area contributed by atoms with Crippen molar-refractivity contribution in [3.05, 3.63) is 102 Å². The summed E-state index contributed by atoms with van der Waals surface area (Å²) >= 11 is 0. The molecular formula is C54H83N9O10S2. The molecule has 3 aromatic rings. The number of anilines is 1. The lowest BCUT2D eigenvalue weighted by Gasteiger charge is -2.31. The third kappa shape index (κ3) is 24.8. The standard InChI is InChI=1S/C43H65N7O9S2.C9H12N2O.C2H6/c1-26(40(56)49-37(24-51)27(2)52)25-61-60-21-18-38(55)46-35(22-30-12-6-5-7-13-30)42(58)48-36(23-31-17-20-45-33-15-9-8-14-32(31)33)43(59)47-34(16-10-11-19-44)41(57)50-39(28(3)53)29(4)54;10-8(9(11)12)6-7-4-2-1-3-5-7;1-2/h5-9,12-15,26-28,31,34-37,39,45,51-53H,10-11,16-25,44H2,1-4H3,(H,46,55)(H,47,59)(H,48,58)(H,49,56)(H,50,57);1-5,8H,6,10H2,(H2,11,12);1-2H3/t26-,27?,28?,31?,34?,35?,36+,37?,39?;;/m0../s1. The van der Waals surface area contributed by atoms with Crippen molar-refractivity contribution in [2.24, 2.45) is 23.1 Å². The van der Waals surface area contributed by atoms with Gasteiger partial charge in [-0.05, 0) is 94.5 Å². The maximum atomic E-state index is 14.4. The average molecular weight is 1080 g/mol. The number of aliphatic hydroxyl groups is 3. The number of unbranched alkanes of at least 4 members (excludes halogenated alkanes) is 1. The molecule has 75 heavy (non-hydrogen) atoms. The van der Waals surface area contributed by atoms with Crippen LogP contribution < -0.4 is 49.1 Å². The molecule has 15 N–H and O–H groups in total. The zero-order chi connectivity index (χ0) is 55.9. The minimum absolute atomic E-state index is 0.0640. The quantitative estimate of drug-likeness (QED) is 0.0337. The van der Waals surface area contributed by atoms with Gasteiger partial charge in [0.2, 0.25) is 35.4 Å². The van der Waals surface area contributed by atoms with Crippen molar-refractivity contribution < 1.29 is 48.9 Å². The van der Waals surface area contributed by atoms with Gasteiger partial charge >= 0.3 is 0 Å². The topological polar surface area (TPSA) is 330 Å². The first-order chi connectivity index (χ1) is 35.8. The fourth-order valence-electron chi connectivity index (χ4n) is 7.79. The molecule has 0 fully saturated rings. The Morgan fingerprint density at radius 2 is 1.28 bits per heavy atom. The van der Waals surface area contributed by atoms with Gasteiger partial charge in [-0.25, -0.2) is 0 Å². The minimum Gasteiger partial charge on any atom is -0.394 e. The highest BCUT2D eigenvalue weighted by molar-refractivity contribution is 8.76. The van der Waals surface area contributed by atoms with Gasteiger partial charge in [0.25, 0.3) is 0 Å². The largest absolute Gasteiger partial charge is 0.394 e. The maximum Gasteiger partial charge on any atom is 0.243 e. The fraction of sp³-hybridized carbons (Fsp3) is 0.537. The van der Waals surface area contributed by atoms with Crippen LogP contribution in [0.15, 0.2) is 84.9 Å². The molecule has 19 nitrogen and oxygen atoms in total. The normalized spacial score (nSPS) is 16.2. The van der Waals surface area contributed by atoms with E-state index >= 15 is 0 Å². The summed E-state index contributed by atoms with van der Waals surface area (Å²) in [6, 6.07) is 20.6. The first-order valence-electron chi connectivity index (χ1n) is 25.7. The number of amides is 6. The monoisotopic (exact) mass is 1080 g/mol. The van der Waals surface area contributed by atoms with Crippen molar-refractivity contribution >= 4 is 68.5 Å². The van der Waals surface area contributed by atoms with Gasteiger partial charge in [0.05, 0.1) is 30.9 Å². The number of ketones is 1. The number of carbonyl (C=O) groups excluding carboxylic acids is 7. The van der Waals surface area contributed by atoms with Crippen LogP contribution in [0, 0.1) is 5.92 Å². The van der Waals surface area contributed by atoms with Gasteiger partial charge < -0.3 is 64.4 Å². The summed E-state index contributed by atoms with van der Waals surface area (Å²) < 4.78 is 0. The molecule has 0 saturated carbocycles. The molecule has 0 spiro atoms. The number of Topliss-reactive ketones (excluding diaryl/α,β-unsaturated/α-hetero) is 1. The number of primary amides is 1. The summed E-state index contributed by atoms with van der Waals surface area (Å²) in [6.07, 6.45) is 0.733. The number of nitrogens with two attached hydrogens (primary N) is 3. The molecule has 416 valence electrons. The Morgan fingerprint density at radius 1 is 0.707 bits per heavy atom. The zero-order valence-electron chi connectivity index (χ0n) is 44.3. The molecule has 0 bridgehead atoms. The summed E-state index contributed by atoms with van der Waals surface area (Å²) in [7, 11) is 2.80. The van der Waals surface area contributed by atoms with E-state index in [4.69, 9.17) is 17.2 Å². The smallest absolute Gasteiger partial charge is 0.243 e. The van der Waals surface area contributed by atoms with Crippen molar-refractivity contribution in [2.75, 3.05) is 36.5 Å². The number of carbonyl (C=O) groups is 7. The Kier molecular flexibility index (Phi) is 31.9. The third-order valence-electron chi connectivity index (χ3n) is 12.1. The maximum absolute atomic E-state index is 14.4. The van der Waals surface area contributed by atoms with Crippen LogP contribution in [0.4, 0.5) is 5.69 Å². The van der Waals surface area contributed by atoms with Crippen molar-refractivity contribution in [3.63, 3.8) is 0 Å². The summed E-state index contributed by atoms with van der Waals surface area (Å²) in [5.74, 6) is -3.22. The molecule has 0 aromatic heterocycles. The van der Waals surface area contributed by atoms with Crippen molar-refractivity contribution in [1.82, 2.24) is 26.6 Å². The van der Waals surface area contributed by atoms with Crippen LogP contribution in [-0.4, -0.2) is 136 Å². The van der Waals surface area contributed by atoms with Crippen molar-refractivity contribution in [1.29, 1.82) is 0 Å². The molecule has 21 heteroatoms. The van der Waals surface area contributed by atoms with E-state index in [1.165, 1.54) is 42.4 Å². The van der Waals surface area contributed by atoms with Crippen LogP contribution in [0.25, 0.3) is 0 Å². The number of para-hydroxylation sites is 1. The van der Waals surface area contributed by atoms with E-state index in [0.717, 1.165) is 22.4 Å². The van der Waals surface area contributed by atoms with E-state index in [9.17, 15) is 48.9 Å². The predicted molar refractivity (Wildman–Crippen MR) is 298 cm³/mol. The average Bonchev–Trinajstić information content (AvgIpc) is 3.39. The molecule has 0 aliphatic carbocycles. The van der Waals surface area contributed by atoms with E-state index in [1.807, 2.05) is 98.8 Å². The van der Waals surface area contributed by atoms with E-state index in [-0.39, 0.29) is 50.0 Å². The van der Waals surface area contributed by atoms with Gasteiger partial charge in [0.15, 0.2) is 5.78 Å². The molecule has 10 atom stereocenters. The number of benzene rings is 3. The van der Waals surface area contributed by atoms with E-state index in [1.54, 1.807) is 6.92 Å². The highest BCUT2D eigenvalue weighted by Gasteiger charge is 2.34. The summed E-state index contributed by atoms with van der Waals surface area (Å²) in [5.41, 5.74) is 19.9. The number of fused-ring (bicyclic) bond motifs is 1. The van der Waals surface area contributed by atoms with Gasteiger partial charge in [0.1, 0.15) is 24.2 Å². The Morgan fingerprint density at radius 3 is 1.85 bits per heavy atom. The van der Waals surface area contributed by atoms with Crippen LogP contribution in [0.5, 0.6) is 0 Å². The lowest BCUT2D eigenvalue weighted by atomic mass is 9.85. The lowest BCUT2D eigenvalue weighted by molar-refractivity contribution is -0.135. The summed E-state index contributed by atoms with van der Waals surface area (Å²) in [6.45, 7) is 10.5. The van der Waals surface area contributed by atoms with Crippen LogP contribution in [0.3, 0.4) is 0 Å². The van der Waals surface area contributed by atoms with Crippen LogP contribution in [0.2, 0.25) is 0 Å². The molecule has 1 aliphatic rings. The Hall–Kier alpha value is -5.55. The first kappa shape index (κ1) is 65.6. The molecule has 0 saturated heterocycles. The Bertz CT molecular complexity index is 2200. The molecule has 0 radical (unpaired) electrons. The van der Waals surface area contributed by atoms with Gasteiger partial charge in [-0.1, -0.05) is 121 Å². The SMILES string of the molecule is CC.CC(=O)C(NC(=O)C(CCCCN)NC(=O)[C@@H](CC1CCNc2ccccc21)NC(=O)C(Cc1ccccc1)NC(=O)CCSSC[C@H](C)C(=O)NC(CO)C(C)O)C(C)O.NC(=O)C(N)Cc1ccccc1. The highest BCUT2D eigenvalue weighted by atomic mass is 33.1. The van der Waals surface area contributed by atoms with Crippen LogP contribution >= 0.6 is 21.6 Å². The second kappa shape index (κ2) is 36.4. The van der Waals surface area contributed by atoms with Crippen molar-refractivity contribution in [3.8, 4) is 0 Å². The van der Waals surface area contributed by atoms with Gasteiger partial charge in [0, 0.05) is 42.5 Å². The van der Waals surface area contributed by atoms with Crippen molar-refractivity contribution in [2.45, 2.75) is 147 Å². The summed E-state index contributed by atoms with van der Waals surface area (Å²) in [5, 5.41) is 46.5. The highest BCUT2D eigenvalue weighted by Crippen LogP contribution is 2.34. The molecule has 4 rings (SSSR count). The fourth-order valence-corrected chi connectivity index (χ4v) is 10.1. The number of rotatable bonds is 30. The van der Waals surface area contributed by atoms with Gasteiger partial charge in [-0.15, -0.1) is 0 Å². The predicted octanol–water partition coefficient (Wildman–Crippen LogP) is 2.59. The second-order valence-electron chi connectivity index (χ2n) is 18.3. The third-order valence-corrected chi connectivity index (χ3v) is 14.7. The number of nitrogens with one attached hydrogen (secondary N) is 6. The number of hydrogen-bond donors (Lipinski definition) is 12. The molecule has 3 aromatic carbocycles. The van der Waals surface area contributed by atoms with Gasteiger partial charge in [-0.3, -0.25) is 33.6 Å². The lowest BCUT2D eigenvalue weighted by Crippen LogP contribution is -2.59. The second-order valence-corrected chi connectivity index (χ2v) is 20.9. The Balaban J connectivity index is 0.00000119. The number of aliphatic hydroxyl groups excluding tert-OH is 3. The summed E-state index contributed by atoms with van der Waals surface area (Å²) in [4.78, 5) is 91.0. The molecule has 8 unspecified atom stereocenters.